The molecule has 1 aliphatic heterocycles. The maximum absolute atomic E-state index is 13.2. The van der Waals surface area contributed by atoms with E-state index in [9.17, 15) is 14.0 Å². The van der Waals surface area contributed by atoms with Crippen molar-refractivity contribution in [2.45, 2.75) is 37.6 Å². The lowest BCUT2D eigenvalue weighted by molar-refractivity contribution is -0.129. The quantitative estimate of drug-likeness (QED) is 0.866. The minimum atomic E-state index is -0.519. The van der Waals surface area contributed by atoms with Gasteiger partial charge in [0.2, 0.25) is 11.8 Å². The summed E-state index contributed by atoms with van der Waals surface area (Å²) in [4.78, 5) is 25.5. The molecule has 0 aliphatic carbocycles. The smallest absolute Gasteiger partial charge is 0.222 e. The van der Waals surface area contributed by atoms with Crippen molar-refractivity contribution in [1.82, 2.24) is 10.2 Å². The molecule has 1 saturated heterocycles. The van der Waals surface area contributed by atoms with Crippen LogP contribution in [0.5, 0.6) is 0 Å². The van der Waals surface area contributed by atoms with E-state index in [1.165, 1.54) is 17.0 Å². The molecule has 24 heavy (non-hydrogen) atoms. The third-order valence-electron chi connectivity index (χ3n) is 4.42. The molecule has 0 radical (unpaired) electrons. The summed E-state index contributed by atoms with van der Waals surface area (Å²) in [6.07, 6.45) is 2.47. The van der Waals surface area contributed by atoms with Gasteiger partial charge in [0.25, 0.3) is 0 Å². The Balaban J connectivity index is 1.99. The largest absolute Gasteiger partial charge is 0.381 e. The van der Waals surface area contributed by atoms with Gasteiger partial charge < -0.3 is 15.0 Å². The Bertz CT molecular complexity index is 566. The molecule has 1 aliphatic rings. The zero-order chi connectivity index (χ0) is 17.6. The molecule has 0 atom stereocenters. The van der Waals surface area contributed by atoms with E-state index in [-0.39, 0.29) is 17.6 Å². The van der Waals surface area contributed by atoms with Crippen molar-refractivity contribution < 1.29 is 18.7 Å². The van der Waals surface area contributed by atoms with E-state index in [0.717, 1.165) is 5.56 Å². The average Bonchev–Trinajstić information content (AvgIpc) is 2.56. The third-order valence-corrected chi connectivity index (χ3v) is 4.42. The number of carbonyl (C=O) groups is 2. The fourth-order valence-corrected chi connectivity index (χ4v) is 2.93. The third kappa shape index (κ3) is 4.77. The summed E-state index contributed by atoms with van der Waals surface area (Å²) in [5, 5.41) is 3.10. The summed E-state index contributed by atoms with van der Waals surface area (Å²) >= 11 is 0. The first-order valence-corrected chi connectivity index (χ1v) is 8.28. The predicted octanol–water partition coefficient (Wildman–Crippen LogP) is 2.21. The molecule has 1 aromatic carbocycles. The van der Waals surface area contributed by atoms with Gasteiger partial charge in [0, 0.05) is 40.2 Å². The van der Waals surface area contributed by atoms with Crippen molar-refractivity contribution in [1.29, 1.82) is 0 Å². The number of halogens is 1. The highest BCUT2D eigenvalue weighted by Crippen LogP contribution is 2.32. The van der Waals surface area contributed by atoms with Crippen molar-refractivity contribution in [3.63, 3.8) is 0 Å². The van der Waals surface area contributed by atoms with E-state index in [0.29, 0.717) is 45.3 Å². The highest BCUT2D eigenvalue weighted by Gasteiger charge is 2.35. The van der Waals surface area contributed by atoms with E-state index in [1.54, 1.807) is 26.2 Å². The number of carbonyl (C=O) groups excluding carboxylic acids is 2. The SMILES string of the molecule is CN(C)C(=O)CCCC(=O)NC1(c2ccc(F)cc2)CCOCC1. The first-order valence-electron chi connectivity index (χ1n) is 8.28. The van der Waals surface area contributed by atoms with Gasteiger partial charge in [-0.3, -0.25) is 9.59 Å². The Morgan fingerprint density at radius 3 is 2.38 bits per heavy atom. The minimum absolute atomic E-state index is 0.0158. The van der Waals surface area contributed by atoms with Crippen LogP contribution in [-0.2, 0) is 19.9 Å². The molecule has 1 aromatic rings. The van der Waals surface area contributed by atoms with Gasteiger partial charge in [0.1, 0.15) is 5.82 Å². The van der Waals surface area contributed by atoms with Gasteiger partial charge in [-0.25, -0.2) is 4.39 Å². The number of nitrogens with one attached hydrogen (secondary N) is 1. The average molecular weight is 336 g/mol. The number of hydrogen-bond donors (Lipinski definition) is 1. The molecule has 5 nitrogen and oxygen atoms in total. The Labute approximate surface area is 142 Å². The summed E-state index contributed by atoms with van der Waals surface area (Å²) < 4.78 is 18.6. The first kappa shape index (κ1) is 18.4. The van der Waals surface area contributed by atoms with Gasteiger partial charge in [0.15, 0.2) is 0 Å². The highest BCUT2D eigenvalue weighted by atomic mass is 19.1. The summed E-state index contributed by atoms with van der Waals surface area (Å²) in [6.45, 7) is 1.10. The van der Waals surface area contributed by atoms with E-state index in [4.69, 9.17) is 4.74 Å². The number of hydrogen-bond acceptors (Lipinski definition) is 3. The van der Waals surface area contributed by atoms with E-state index in [2.05, 4.69) is 5.32 Å². The molecular weight excluding hydrogens is 311 g/mol. The van der Waals surface area contributed by atoms with Crippen molar-refractivity contribution in [2.24, 2.45) is 0 Å². The van der Waals surface area contributed by atoms with Crippen molar-refractivity contribution in [3.8, 4) is 0 Å². The van der Waals surface area contributed by atoms with Crippen LogP contribution in [0.3, 0.4) is 0 Å². The number of nitrogens with zero attached hydrogens (tertiary/aromatic N) is 1. The summed E-state index contributed by atoms with van der Waals surface area (Å²) in [5.74, 6) is -0.371. The minimum Gasteiger partial charge on any atom is -0.381 e. The lowest BCUT2D eigenvalue weighted by Crippen LogP contribution is -2.49. The molecule has 1 fully saturated rings. The molecule has 0 aromatic heterocycles. The zero-order valence-electron chi connectivity index (χ0n) is 14.3. The maximum Gasteiger partial charge on any atom is 0.222 e. The van der Waals surface area contributed by atoms with Crippen LogP contribution in [0, 0.1) is 5.82 Å². The van der Waals surface area contributed by atoms with Crippen LogP contribution < -0.4 is 5.32 Å². The fourth-order valence-electron chi connectivity index (χ4n) is 2.93. The zero-order valence-corrected chi connectivity index (χ0v) is 14.3. The van der Waals surface area contributed by atoms with Crippen LogP contribution in [0.2, 0.25) is 0 Å². The lowest BCUT2D eigenvalue weighted by Gasteiger charge is -2.38. The molecule has 6 heteroatoms. The van der Waals surface area contributed by atoms with Gasteiger partial charge in [-0.05, 0) is 37.0 Å². The standard InChI is InChI=1S/C18H25FN2O3/c1-21(2)17(23)5-3-4-16(22)20-18(10-12-24-13-11-18)14-6-8-15(19)9-7-14/h6-9H,3-5,10-13H2,1-2H3,(H,20,22). The Hall–Kier alpha value is -1.95. The second-order valence-electron chi connectivity index (χ2n) is 6.39. The first-order chi connectivity index (χ1) is 11.4. The Morgan fingerprint density at radius 1 is 1.17 bits per heavy atom. The van der Waals surface area contributed by atoms with Gasteiger partial charge in [-0.1, -0.05) is 12.1 Å². The van der Waals surface area contributed by atoms with Crippen LogP contribution in [0.25, 0.3) is 0 Å². The number of ether oxygens (including phenoxy) is 1. The Kier molecular flexibility index (Phi) is 6.31. The van der Waals surface area contributed by atoms with Crippen LogP contribution >= 0.6 is 0 Å². The predicted molar refractivity (Wildman–Crippen MR) is 88.8 cm³/mol. The van der Waals surface area contributed by atoms with Gasteiger partial charge in [0.05, 0.1) is 5.54 Å². The maximum atomic E-state index is 13.2. The fraction of sp³-hybridized carbons (Fsp3) is 0.556. The Morgan fingerprint density at radius 2 is 1.79 bits per heavy atom. The van der Waals surface area contributed by atoms with Gasteiger partial charge >= 0.3 is 0 Å². The van der Waals surface area contributed by atoms with Gasteiger partial charge in [-0.2, -0.15) is 0 Å². The molecule has 0 bridgehead atoms. The molecule has 2 rings (SSSR count). The lowest BCUT2D eigenvalue weighted by atomic mass is 9.82. The second kappa shape index (κ2) is 8.24. The van der Waals surface area contributed by atoms with Crippen LogP contribution in [-0.4, -0.2) is 44.0 Å². The van der Waals surface area contributed by atoms with E-state index in [1.807, 2.05) is 0 Å². The van der Waals surface area contributed by atoms with E-state index < -0.39 is 5.54 Å². The van der Waals surface area contributed by atoms with Crippen molar-refractivity contribution in [3.05, 3.63) is 35.6 Å². The summed E-state index contributed by atoms with van der Waals surface area (Å²) in [5.41, 5.74) is 0.374. The van der Waals surface area contributed by atoms with Crippen LogP contribution in [0.15, 0.2) is 24.3 Å². The molecule has 0 unspecified atom stereocenters. The van der Waals surface area contributed by atoms with Crippen LogP contribution in [0.1, 0.15) is 37.7 Å². The number of benzene rings is 1. The molecule has 1 heterocycles. The number of amides is 2. The molecular formula is C18H25FN2O3. The molecule has 0 saturated carbocycles. The second-order valence-corrected chi connectivity index (χ2v) is 6.39. The van der Waals surface area contributed by atoms with Crippen molar-refractivity contribution >= 4 is 11.8 Å². The van der Waals surface area contributed by atoms with E-state index >= 15 is 0 Å². The number of rotatable bonds is 6. The normalized spacial score (nSPS) is 16.5. The van der Waals surface area contributed by atoms with Crippen LogP contribution in [0.4, 0.5) is 4.39 Å². The highest BCUT2D eigenvalue weighted by molar-refractivity contribution is 5.79. The topological polar surface area (TPSA) is 58.6 Å². The molecule has 0 spiro atoms. The molecule has 132 valence electrons. The van der Waals surface area contributed by atoms with Gasteiger partial charge in [-0.15, -0.1) is 0 Å². The van der Waals surface area contributed by atoms with Crippen molar-refractivity contribution in [2.75, 3.05) is 27.3 Å². The molecule has 2 amide bonds. The monoisotopic (exact) mass is 336 g/mol. The summed E-state index contributed by atoms with van der Waals surface area (Å²) in [6, 6.07) is 6.26. The summed E-state index contributed by atoms with van der Waals surface area (Å²) in [7, 11) is 3.40. The molecule has 1 N–H and O–H groups in total.